The minimum Gasteiger partial charge on any atom is -0.382 e. The summed E-state index contributed by atoms with van der Waals surface area (Å²) >= 11 is 6.14. The van der Waals surface area contributed by atoms with Crippen LogP contribution in [0.5, 0.6) is 0 Å². The second-order valence-electron chi connectivity index (χ2n) is 5.51. The second kappa shape index (κ2) is 4.75. The predicted molar refractivity (Wildman–Crippen MR) is 74.0 cm³/mol. The van der Waals surface area contributed by atoms with E-state index in [0.29, 0.717) is 30.0 Å². The summed E-state index contributed by atoms with van der Waals surface area (Å²) in [4.78, 5) is 0. The highest BCUT2D eigenvalue weighted by Gasteiger charge is 2.51. The summed E-state index contributed by atoms with van der Waals surface area (Å²) in [7, 11) is -3.35. The van der Waals surface area contributed by atoms with Crippen molar-refractivity contribution in [2.75, 3.05) is 6.26 Å². The molecule has 1 N–H and O–H groups in total. The van der Waals surface area contributed by atoms with E-state index in [9.17, 15) is 13.5 Å². The Labute approximate surface area is 118 Å². The van der Waals surface area contributed by atoms with Gasteiger partial charge in [-0.25, -0.2) is 8.42 Å². The van der Waals surface area contributed by atoms with Crippen LogP contribution in [0.3, 0.4) is 0 Å². The van der Waals surface area contributed by atoms with E-state index in [-0.39, 0.29) is 6.04 Å². The molecular formula is C12H19ClN2O3S. The Balaban J connectivity index is 2.59. The van der Waals surface area contributed by atoms with Crippen LogP contribution in [0, 0.1) is 0 Å². The van der Waals surface area contributed by atoms with Crippen molar-refractivity contribution in [3.05, 3.63) is 16.9 Å². The maximum absolute atomic E-state index is 11.9. The van der Waals surface area contributed by atoms with Gasteiger partial charge < -0.3 is 5.11 Å². The van der Waals surface area contributed by atoms with Crippen LogP contribution in [-0.4, -0.2) is 34.8 Å². The topological polar surface area (TPSA) is 72.2 Å². The van der Waals surface area contributed by atoms with Gasteiger partial charge in [0.15, 0.2) is 9.84 Å². The average Bonchev–Trinajstić information content (AvgIpc) is 2.81. The molecule has 1 aromatic heterocycles. The smallest absolute Gasteiger partial charge is 0.153 e. The van der Waals surface area contributed by atoms with E-state index >= 15 is 0 Å². The van der Waals surface area contributed by atoms with Gasteiger partial charge in [-0.1, -0.05) is 11.6 Å². The van der Waals surface area contributed by atoms with Crippen molar-refractivity contribution in [2.24, 2.45) is 0 Å². The normalized spacial score (nSPS) is 28.2. The zero-order valence-corrected chi connectivity index (χ0v) is 12.9. The molecule has 1 aromatic rings. The van der Waals surface area contributed by atoms with Gasteiger partial charge in [-0.3, -0.25) is 4.68 Å². The third kappa shape index (κ3) is 2.41. The van der Waals surface area contributed by atoms with E-state index in [1.54, 1.807) is 4.68 Å². The fourth-order valence-electron chi connectivity index (χ4n) is 2.93. The number of hydrogen-bond acceptors (Lipinski definition) is 4. The SMILES string of the molecule is CC(C)n1ncc(Cl)c1C1(O)CCCC1S(C)(=O)=O. The van der Waals surface area contributed by atoms with Crippen LogP contribution < -0.4 is 0 Å². The van der Waals surface area contributed by atoms with E-state index in [1.807, 2.05) is 13.8 Å². The molecule has 0 spiro atoms. The van der Waals surface area contributed by atoms with E-state index < -0.39 is 20.7 Å². The van der Waals surface area contributed by atoms with Crippen LogP contribution in [0.1, 0.15) is 44.8 Å². The van der Waals surface area contributed by atoms with Crippen LogP contribution in [0.25, 0.3) is 0 Å². The minimum absolute atomic E-state index is 0.00679. The molecule has 1 heterocycles. The Bertz CT molecular complexity index is 582. The largest absolute Gasteiger partial charge is 0.382 e. The highest BCUT2D eigenvalue weighted by atomic mass is 35.5. The molecule has 108 valence electrons. The van der Waals surface area contributed by atoms with Gasteiger partial charge >= 0.3 is 0 Å². The summed E-state index contributed by atoms with van der Waals surface area (Å²) < 4.78 is 25.4. The summed E-state index contributed by atoms with van der Waals surface area (Å²) in [5, 5.41) is 14.6. The molecular weight excluding hydrogens is 288 g/mol. The molecule has 2 rings (SSSR count). The zero-order chi connectivity index (χ0) is 14.4. The maximum Gasteiger partial charge on any atom is 0.153 e. The number of hydrogen-bond donors (Lipinski definition) is 1. The molecule has 0 aliphatic heterocycles. The van der Waals surface area contributed by atoms with Gasteiger partial charge in [-0.05, 0) is 33.1 Å². The highest BCUT2D eigenvalue weighted by Crippen LogP contribution is 2.45. The van der Waals surface area contributed by atoms with Crippen LogP contribution in [0.2, 0.25) is 5.02 Å². The standard InChI is InChI=1S/C12H19ClN2O3S/c1-8(2)15-11(9(13)7-14-15)12(16)6-4-5-10(12)19(3,17)18/h7-8,10,16H,4-6H2,1-3H3. The first-order chi connectivity index (χ1) is 8.68. The fourth-order valence-corrected chi connectivity index (χ4v) is 4.76. The Morgan fingerprint density at radius 3 is 2.74 bits per heavy atom. The monoisotopic (exact) mass is 306 g/mol. The molecule has 1 saturated carbocycles. The van der Waals surface area contributed by atoms with Crippen molar-refractivity contribution >= 4 is 21.4 Å². The number of rotatable bonds is 3. The molecule has 2 atom stereocenters. The number of halogens is 1. The fraction of sp³-hybridized carbons (Fsp3) is 0.750. The van der Waals surface area contributed by atoms with Crippen molar-refractivity contribution in [3.8, 4) is 0 Å². The number of aliphatic hydroxyl groups is 1. The zero-order valence-electron chi connectivity index (χ0n) is 11.3. The van der Waals surface area contributed by atoms with E-state index in [2.05, 4.69) is 5.10 Å². The van der Waals surface area contributed by atoms with Gasteiger partial charge in [0.25, 0.3) is 0 Å². The molecule has 7 heteroatoms. The second-order valence-corrected chi connectivity index (χ2v) is 8.15. The predicted octanol–water partition coefficient (Wildman–Crippen LogP) is 1.90. The molecule has 0 radical (unpaired) electrons. The highest BCUT2D eigenvalue weighted by molar-refractivity contribution is 7.91. The van der Waals surface area contributed by atoms with Crippen LogP contribution in [0.4, 0.5) is 0 Å². The average molecular weight is 307 g/mol. The van der Waals surface area contributed by atoms with Crippen LogP contribution in [-0.2, 0) is 15.4 Å². The third-order valence-electron chi connectivity index (χ3n) is 3.72. The van der Waals surface area contributed by atoms with Crippen LogP contribution >= 0.6 is 11.6 Å². The molecule has 0 saturated heterocycles. The van der Waals surface area contributed by atoms with Crippen molar-refractivity contribution in [3.63, 3.8) is 0 Å². The lowest BCUT2D eigenvalue weighted by molar-refractivity contribution is 0.0371. The lowest BCUT2D eigenvalue weighted by Crippen LogP contribution is -2.41. The number of sulfone groups is 1. The van der Waals surface area contributed by atoms with Crippen LogP contribution in [0.15, 0.2) is 6.20 Å². The molecule has 0 bridgehead atoms. The Kier molecular flexibility index (Phi) is 3.70. The van der Waals surface area contributed by atoms with Gasteiger partial charge in [-0.15, -0.1) is 0 Å². The summed E-state index contributed by atoms with van der Waals surface area (Å²) in [6.07, 6.45) is 4.14. The quantitative estimate of drug-likeness (QED) is 0.926. The number of nitrogens with zero attached hydrogens (tertiary/aromatic N) is 2. The van der Waals surface area contributed by atoms with Gasteiger partial charge in [0.05, 0.1) is 22.2 Å². The van der Waals surface area contributed by atoms with Crippen molar-refractivity contribution < 1.29 is 13.5 Å². The lowest BCUT2D eigenvalue weighted by atomic mass is 9.97. The van der Waals surface area contributed by atoms with Crippen molar-refractivity contribution in [1.82, 2.24) is 9.78 Å². The summed E-state index contributed by atoms with van der Waals surface area (Å²) in [6.45, 7) is 3.83. The molecule has 1 aliphatic carbocycles. The van der Waals surface area contributed by atoms with Gasteiger partial charge in [0.2, 0.25) is 0 Å². The van der Waals surface area contributed by atoms with Gasteiger partial charge in [0.1, 0.15) is 5.60 Å². The van der Waals surface area contributed by atoms with Crippen molar-refractivity contribution in [1.29, 1.82) is 0 Å². The molecule has 19 heavy (non-hydrogen) atoms. The summed E-state index contributed by atoms with van der Waals surface area (Å²) in [5.74, 6) is 0. The van der Waals surface area contributed by atoms with E-state index in [4.69, 9.17) is 11.6 Å². The lowest BCUT2D eigenvalue weighted by Gasteiger charge is -2.31. The molecule has 1 aliphatic rings. The van der Waals surface area contributed by atoms with E-state index in [0.717, 1.165) is 6.26 Å². The Hall–Kier alpha value is -0.590. The Morgan fingerprint density at radius 1 is 1.58 bits per heavy atom. The molecule has 5 nitrogen and oxygen atoms in total. The molecule has 0 aromatic carbocycles. The number of aromatic nitrogens is 2. The molecule has 1 fully saturated rings. The summed E-state index contributed by atoms with van der Waals surface area (Å²) in [6, 6.07) is 0.00679. The first-order valence-corrected chi connectivity index (χ1v) is 8.66. The molecule has 0 amide bonds. The minimum atomic E-state index is -3.35. The first-order valence-electron chi connectivity index (χ1n) is 6.32. The van der Waals surface area contributed by atoms with E-state index in [1.165, 1.54) is 6.20 Å². The maximum atomic E-state index is 11.9. The first kappa shape index (κ1) is 14.8. The third-order valence-corrected chi connectivity index (χ3v) is 5.66. The molecule has 2 unspecified atom stereocenters. The Morgan fingerprint density at radius 2 is 2.21 bits per heavy atom. The van der Waals surface area contributed by atoms with Gasteiger partial charge in [-0.2, -0.15) is 5.10 Å². The van der Waals surface area contributed by atoms with Gasteiger partial charge in [0, 0.05) is 12.3 Å². The summed E-state index contributed by atoms with van der Waals surface area (Å²) in [5.41, 5.74) is -1.01. The van der Waals surface area contributed by atoms with Crippen molar-refractivity contribution in [2.45, 2.75) is 50.0 Å².